The zero-order valence-corrected chi connectivity index (χ0v) is 11.4. The minimum absolute atomic E-state index is 0.0326. The van der Waals surface area contributed by atoms with Gasteiger partial charge in [-0.3, -0.25) is 4.79 Å². The van der Waals surface area contributed by atoms with Gasteiger partial charge in [0.05, 0.1) is 17.4 Å². The molecule has 2 unspecified atom stereocenters. The molecule has 104 valence electrons. The average Bonchev–Trinajstić information content (AvgIpc) is 2.71. The number of amides is 1. The van der Waals surface area contributed by atoms with E-state index in [9.17, 15) is 13.2 Å². The lowest BCUT2D eigenvalue weighted by molar-refractivity contribution is -0.122. The van der Waals surface area contributed by atoms with Crippen molar-refractivity contribution < 1.29 is 13.2 Å². The lowest BCUT2D eigenvalue weighted by atomic mass is 9.98. The summed E-state index contributed by atoms with van der Waals surface area (Å²) in [6, 6.07) is 9.00. The third-order valence-electron chi connectivity index (χ3n) is 3.33. The zero-order chi connectivity index (χ0) is 13.9. The fraction of sp³-hybridized carbons (Fsp3) is 0.462. The van der Waals surface area contributed by atoms with Gasteiger partial charge in [0.15, 0.2) is 9.84 Å². The van der Waals surface area contributed by atoms with E-state index in [0.29, 0.717) is 6.42 Å². The van der Waals surface area contributed by atoms with Crippen LogP contribution in [0.5, 0.6) is 0 Å². The van der Waals surface area contributed by atoms with Gasteiger partial charge in [-0.05, 0) is 12.0 Å². The first-order valence-electron chi connectivity index (χ1n) is 6.27. The molecule has 1 fully saturated rings. The fourth-order valence-corrected chi connectivity index (χ4v) is 3.96. The molecule has 1 aromatic carbocycles. The maximum atomic E-state index is 12.2. The number of hydrogen-bond acceptors (Lipinski definition) is 4. The van der Waals surface area contributed by atoms with E-state index in [0.717, 1.165) is 5.56 Å². The number of nitrogens with one attached hydrogen (secondary N) is 1. The Morgan fingerprint density at radius 3 is 2.58 bits per heavy atom. The Hall–Kier alpha value is -1.40. The lowest BCUT2D eigenvalue weighted by Crippen LogP contribution is -2.40. The van der Waals surface area contributed by atoms with E-state index in [1.54, 1.807) is 0 Å². The predicted octanol–water partition coefficient (Wildman–Crippen LogP) is 0.0322. The first kappa shape index (κ1) is 14.0. The van der Waals surface area contributed by atoms with Crippen LogP contribution in [0.3, 0.4) is 0 Å². The van der Waals surface area contributed by atoms with Gasteiger partial charge in [-0.25, -0.2) is 8.42 Å². The van der Waals surface area contributed by atoms with Crippen molar-refractivity contribution in [2.24, 2.45) is 5.73 Å². The van der Waals surface area contributed by atoms with Crippen molar-refractivity contribution in [2.45, 2.75) is 18.4 Å². The SMILES string of the molecule is NCC(C(=O)NC1CCS(=O)(=O)C1)c1ccccc1. The van der Waals surface area contributed by atoms with Crippen LogP contribution in [0.4, 0.5) is 0 Å². The summed E-state index contributed by atoms with van der Waals surface area (Å²) < 4.78 is 22.7. The van der Waals surface area contributed by atoms with Crippen LogP contribution in [-0.2, 0) is 14.6 Å². The number of nitrogens with two attached hydrogens (primary N) is 1. The zero-order valence-electron chi connectivity index (χ0n) is 10.6. The molecule has 1 aliphatic heterocycles. The van der Waals surface area contributed by atoms with Crippen LogP contribution in [0.2, 0.25) is 0 Å². The van der Waals surface area contributed by atoms with Crippen molar-refractivity contribution in [3.05, 3.63) is 35.9 Å². The summed E-state index contributed by atoms with van der Waals surface area (Å²) in [5.74, 6) is -0.443. The Morgan fingerprint density at radius 1 is 1.37 bits per heavy atom. The summed E-state index contributed by atoms with van der Waals surface area (Å²) >= 11 is 0. The molecule has 0 aliphatic carbocycles. The summed E-state index contributed by atoms with van der Waals surface area (Å²) in [6.45, 7) is 0.204. The van der Waals surface area contributed by atoms with Crippen molar-refractivity contribution in [3.8, 4) is 0 Å². The molecule has 0 bridgehead atoms. The topological polar surface area (TPSA) is 89.3 Å². The number of rotatable bonds is 4. The van der Waals surface area contributed by atoms with Gasteiger partial charge in [0.25, 0.3) is 0 Å². The van der Waals surface area contributed by atoms with Gasteiger partial charge in [0.1, 0.15) is 0 Å². The molecule has 6 heteroatoms. The smallest absolute Gasteiger partial charge is 0.229 e. The standard InChI is InChI=1S/C13H18N2O3S/c14-8-12(10-4-2-1-3-5-10)13(16)15-11-6-7-19(17,18)9-11/h1-5,11-12H,6-9,14H2,(H,15,16). The first-order chi connectivity index (χ1) is 9.02. The molecule has 0 saturated carbocycles. The molecule has 3 N–H and O–H groups in total. The lowest BCUT2D eigenvalue weighted by Gasteiger charge is -2.18. The van der Waals surface area contributed by atoms with Gasteiger partial charge in [-0.2, -0.15) is 0 Å². The van der Waals surface area contributed by atoms with Crippen molar-refractivity contribution >= 4 is 15.7 Å². The van der Waals surface area contributed by atoms with Gasteiger partial charge in [-0.1, -0.05) is 30.3 Å². The number of benzene rings is 1. The number of carbonyl (C=O) groups excluding carboxylic acids is 1. The highest BCUT2D eigenvalue weighted by Crippen LogP contribution is 2.17. The van der Waals surface area contributed by atoms with Crippen molar-refractivity contribution in [2.75, 3.05) is 18.1 Å². The fourth-order valence-electron chi connectivity index (χ4n) is 2.29. The highest BCUT2D eigenvalue weighted by atomic mass is 32.2. The van der Waals surface area contributed by atoms with Crippen LogP contribution in [0.1, 0.15) is 17.9 Å². The van der Waals surface area contributed by atoms with Gasteiger partial charge in [-0.15, -0.1) is 0 Å². The Balaban J connectivity index is 2.02. The van der Waals surface area contributed by atoms with Crippen LogP contribution in [0.15, 0.2) is 30.3 Å². The van der Waals surface area contributed by atoms with Crippen molar-refractivity contribution in [1.29, 1.82) is 0 Å². The van der Waals surface area contributed by atoms with Crippen LogP contribution in [0, 0.1) is 0 Å². The van der Waals surface area contributed by atoms with E-state index in [-0.39, 0.29) is 30.0 Å². The minimum Gasteiger partial charge on any atom is -0.352 e. The van der Waals surface area contributed by atoms with E-state index in [1.165, 1.54) is 0 Å². The Kier molecular flexibility index (Phi) is 4.21. The number of carbonyl (C=O) groups is 1. The first-order valence-corrected chi connectivity index (χ1v) is 8.10. The molecular weight excluding hydrogens is 264 g/mol. The van der Waals surface area contributed by atoms with Gasteiger partial charge in [0.2, 0.25) is 5.91 Å². The molecule has 5 nitrogen and oxygen atoms in total. The third-order valence-corrected chi connectivity index (χ3v) is 5.10. The second kappa shape index (κ2) is 5.71. The summed E-state index contributed by atoms with van der Waals surface area (Å²) in [4.78, 5) is 12.2. The Labute approximate surface area is 113 Å². The number of sulfone groups is 1. The van der Waals surface area contributed by atoms with Crippen molar-refractivity contribution in [3.63, 3.8) is 0 Å². The highest BCUT2D eigenvalue weighted by molar-refractivity contribution is 7.91. The number of hydrogen-bond donors (Lipinski definition) is 2. The van der Waals surface area contributed by atoms with Gasteiger partial charge >= 0.3 is 0 Å². The van der Waals surface area contributed by atoms with Gasteiger partial charge in [0, 0.05) is 12.6 Å². The molecule has 1 aliphatic rings. The molecule has 0 spiro atoms. The maximum Gasteiger partial charge on any atom is 0.229 e. The molecule has 2 rings (SSSR count). The summed E-state index contributed by atoms with van der Waals surface area (Å²) in [5.41, 5.74) is 6.50. The van der Waals surface area contributed by atoms with Crippen LogP contribution >= 0.6 is 0 Å². The summed E-state index contributed by atoms with van der Waals surface area (Å²) in [6.07, 6.45) is 0.486. The maximum absolute atomic E-state index is 12.2. The second-order valence-electron chi connectivity index (χ2n) is 4.81. The molecule has 1 heterocycles. The largest absolute Gasteiger partial charge is 0.352 e. The molecular formula is C13H18N2O3S. The predicted molar refractivity (Wildman–Crippen MR) is 73.4 cm³/mol. The van der Waals surface area contributed by atoms with E-state index in [2.05, 4.69) is 5.32 Å². The molecule has 0 aromatic heterocycles. The molecule has 2 atom stereocenters. The quantitative estimate of drug-likeness (QED) is 0.815. The van der Waals surface area contributed by atoms with Crippen LogP contribution in [-0.4, -0.2) is 38.4 Å². The molecule has 1 saturated heterocycles. The van der Waals surface area contributed by atoms with E-state index < -0.39 is 15.8 Å². The normalized spacial score (nSPS) is 22.9. The van der Waals surface area contributed by atoms with Crippen molar-refractivity contribution in [1.82, 2.24) is 5.32 Å². The Morgan fingerprint density at radius 2 is 2.05 bits per heavy atom. The second-order valence-corrected chi connectivity index (χ2v) is 7.04. The third kappa shape index (κ3) is 3.54. The molecule has 1 aromatic rings. The van der Waals surface area contributed by atoms with Gasteiger partial charge < -0.3 is 11.1 Å². The minimum atomic E-state index is -2.98. The van der Waals surface area contributed by atoms with E-state index >= 15 is 0 Å². The van der Waals surface area contributed by atoms with E-state index in [1.807, 2.05) is 30.3 Å². The highest BCUT2D eigenvalue weighted by Gasteiger charge is 2.30. The molecule has 0 radical (unpaired) electrons. The van der Waals surface area contributed by atoms with E-state index in [4.69, 9.17) is 5.73 Å². The molecule has 19 heavy (non-hydrogen) atoms. The van der Waals surface area contributed by atoms with Crippen LogP contribution in [0.25, 0.3) is 0 Å². The summed E-state index contributed by atoms with van der Waals surface area (Å²) in [7, 11) is -2.98. The summed E-state index contributed by atoms with van der Waals surface area (Å²) in [5, 5.41) is 2.79. The van der Waals surface area contributed by atoms with Crippen LogP contribution < -0.4 is 11.1 Å². The molecule has 1 amide bonds. The Bertz CT molecular complexity index is 542. The monoisotopic (exact) mass is 282 g/mol. The average molecular weight is 282 g/mol.